The van der Waals surface area contributed by atoms with Crippen LogP contribution in [0.25, 0.3) is 20.8 Å². The Balaban J connectivity index is 1.14. The lowest BCUT2D eigenvalue weighted by Crippen LogP contribution is -2.12. The van der Waals surface area contributed by atoms with Gasteiger partial charge in [-0.05, 0) is 67.4 Å². The number of hydrogen-bond acceptors (Lipinski definition) is 7. The molecule has 0 fully saturated rings. The maximum atomic E-state index is 12.4. The van der Waals surface area contributed by atoms with Crippen LogP contribution >= 0.6 is 22.7 Å². The van der Waals surface area contributed by atoms with Crippen molar-refractivity contribution in [3.8, 4) is 10.6 Å². The molecule has 5 aromatic rings. The molecule has 0 spiro atoms. The second-order valence-electron chi connectivity index (χ2n) is 7.69. The number of aromatic nitrogens is 2. The highest BCUT2D eigenvalue weighted by molar-refractivity contribution is 7.21. The summed E-state index contributed by atoms with van der Waals surface area (Å²) in [5.41, 5.74) is 4.71. The van der Waals surface area contributed by atoms with Gasteiger partial charge in [-0.15, -0.1) is 22.7 Å². The summed E-state index contributed by atoms with van der Waals surface area (Å²) in [4.78, 5) is 33.5. The second-order valence-corrected chi connectivity index (χ2v) is 9.58. The van der Waals surface area contributed by atoms with Crippen molar-refractivity contribution in [1.82, 2.24) is 9.97 Å². The Morgan fingerprint density at radius 3 is 2.68 bits per heavy atom. The van der Waals surface area contributed by atoms with Gasteiger partial charge in [0.1, 0.15) is 5.01 Å². The molecule has 0 aliphatic rings. The molecule has 0 saturated carbocycles. The molecule has 170 valence electrons. The number of anilines is 2. The van der Waals surface area contributed by atoms with Crippen molar-refractivity contribution >= 4 is 55.5 Å². The summed E-state index contributed by atoms with van der Waals surface area (Å²) in [5.74, 6) is -0.231. The minimum Gasteiger partial charge on any atom is -0.459 e. The summed E-state index contributed by atoms with van der Waals surface area (Å²) in [6.45, 7) is 2.07. The van der Waals surface area contributed by atoms with Gasteiger partial charge in [0.2, 0.25) is 5.91 Å². The van der Waals surface area contributed by atoms with E-state index in [1.807, 2.05) is 35.7 Å². The fourth-order valence-corrected chi connectivity index (χ4v) is 5.17. The molecule has 0 unspecified atom stereocenters. The van der Waals surface area contributed by atoms with E-state index in [4.69, 9.17) is 9.40 Å². The number of thiazole rings is 2. The summed E-state index contributed by atoms with van der Waals surface area (Å²) in [5, 5.41) is 8.87. The van der Waals surface area contributed by atoms with Crippen LogP contribution in [0.15, 0.2) is 70.7 Å². The molecule has 0 aliphatic carbocycles. The van der Waals surface area contributed by atoms with Crippen LogP contribution < -0.4 is 10.6 Å². The Morgan fingerprint density at radius 1 is 1.03 bits per heavy atom. The highest BCUT2D eigenvalue weighted by atomic mass is 32.1. The van der Waals surface area contributed by atoms with Crippen molar-refractivity contribution in [3.63, 3.8) is 0 Å². The van der Waals surface area contributed by atoms with Crippen LogP contribution in [0.4, 0.5) is 10.8 Å². The van der Waals surface area contributed by atoms with E-state index in [0.29, 0.717) is 11.6 Å². The molecule has 3 aromatic heterocycles. The van der Waals surface area contributed by atoms with Crippen LogP contribution in [-0.2, 0) is 11.2 Å². The van der Waals surface area contributed by atoms with E-state index >= 15 is 0 Å². The Kier molecular flexibility index (Phi) is 6.20. The lowest BCUT2D eigenvalue weighted by Gasteiger charge is -2.05. The first kappa shape index (κ1) is 22.0. The maximum absolute atomic E-state index is 12.4. The number of benzene rings is 2. The maximum Gasteiger partial charge on any atom is 0.293 e. The molecule has 5 rings (SSSR count). The molecule has 0 radical (unpaired) electrons. The predicted octanol–water partition coefficient (Wildman–Crippen LogP) is 6.14. The molecular formula is C25H20N4O3S2. The van der Waals surface area contributed by atoms with E-state index in [-0.39, 0.29) is 24.0 Å². The van der Waals surface area contributed by atoms with Crippen molar-refractivity contribution in [2.75, 3.05) is 10.6 Å². The number of furan rings is 1. The van der Waals surface area contributed by atoms with Crippen LogP contribution in [0, 0.1) is 6.92 Å². The fraction of sp³-hybridized carbons (Fsp3) is 0.120. The number of rotatable bonds is 7. The molecule has 0 bridgehead atoms. The highest BCUT2D eigenvalue weighted by Gasteiger charge is 2.12. The van der Waals surface area contributed by atoms with Crippen LogP contribution in [0.3, 0.4) is 0 Å². The molecule has 0 aliphatic heterocycles. The molecule has 34 heavy (non-hydrogen) atoms. The topological polar surface area (TPSA) is 97.1 Å². The van der Waals surface area contributed by atoms with Gasteiger partial charge in [-0.3, -0.25) is 14.9 Å². The van der Waals surface area contributed by atoms with Crippen LogP contribution in [-0.4, -0.2) is 21.8 Å². The number of nitrogens with zero attached hydrogens (tertiary/aromatic N) is 2. The summed E-state index contributed by atoms with van der Waals surface area (Å²) in [6, 6.07) is 17.2. The van der Waals surface area contributed by atoms with E-state index < -0.39 is 0 Å². The van der Waals surface area contributed by atoms with Crippen LogP contribution in [0.1, 0.15) is 28.2 Å². The minimum atomic E-state index is -0.354. The Hall–Kier alpha value is -3.82. The molecule has 7 nitrogen and oxygen atoms in total. The number of nitrogens with one attached hydrogen (secondary N) is 2. The first-order valence-electron chi connectivity index (χ1n) is 10.6. The number of amides is 2. The molecule has 2 N–H and O–H groups in total. The monoisotopic (exact) mass is 488 g/mol. The normalized spacial score (nSPS) is 11.0. The van der Waals surface area contributed by atoms with E-state index in [1.54, 1.807) is 23.5 Å². The zero-order valence-electron chi connectivity index (χ0n) is 18.2. The van der Waals surface area contributed by atoms with Crippen LogP contribution in [0.5, 0.6) is 0 Å². The van der Waals surface area contributed by atoms with Crippen LogP contribution in [0.2, 0.25) is 0 Å². The van der Waals surface area contributed by atoms with Crippen molar-refractivity contribution < 1.29 is 14.0 Å². The van der Waals surface area contributed by atoms with E-state index in [0.717, 1.165) is 32.2 Å². The van der Waals surface area contributed by atoms with Crippen molar-refractivity contribution in [2.45, 2.75) is 19.8 Å². The average Bonchev–Trinajstić information content (AvgIpc) is 3.59. The second kappa shape index (κ2) is 9.58. The Labute approximate surface area is 203 Å². The number of hydrogen-bond donors (Lipinski definition) is 2. The van der Waals surface area contributed by atoms with Gasteiger partial charge in [-0.25, -0.2) is 9.97 Å². The Morgan fingerprint density at radius 2 is 1.88 bits per heavy atom. The quantitative estimate of drug-likeness (QED) is 0.287. The summed E-state index contributed by atoms with van der Waals surface area (Å²) >= 11 is 2.97. The first-order valence-corrected chi connectivity index (χ1v) is 12.3. The summed E-state index contributed by atoms with van der Waals surface area (Å²) in [6.07, 6.45) is 2.20. The zero-order chi connectivity index (χ0) is 23.5. The van der Waals surface area contributed by atoms with Crippen molar-refractivity contribution in [3.05, 3.63) is 83.3 Å². The number of aryl methyl sites for hydroxylation is 2. The molecule has 0 saturated heterocycles. The summed E-state index contributed by atoms with van der Waals surface area (Å²) < 4.78 is 6.23. The number of carbonyl (C=O) groups excluding carboxylic acids is 2. The highest BCUT2D eigenvalue weighted by Crippen LogP contribution is 2.31. The SMILES string of the molecule is Cc1ccc2nc(-c3ccc(NC(=O)CCc4csc(NC(=O)c5ccco5)n4)cc3)sc2c1. The van der Waals surface area contributed by atoms with E-state index in [2.05, 4.69) is 34.7 Å². The minimum absolute atomic E-state index is 0.0996. The molecule has 3 heterocycles. The third-order valence-electron chi connectivity index (χ3n) is 5.08. The van der Waals surface area contributed by atoms with Gasteiger partial charge in [-0.2, -0.15) is 0 Å². The van der Waals surface area contributed by atoms with E-state index in [9.17, 15) is 9.59 Å². The van der Waals surface area contributed by atoms with Gasteiger partial charge in [0.05, 0.1) is 22.2 Å². The zero-order valence-corrected chi connectivity index (χ0v) is 19.8. The van der Waals surface area contributed by atoms with Gasteiger partial charge in [-0.1, -0.05) is 6.07 Å². The van der Waals surface area contributed by atoms with Gasteiger partial charge in [0, 0.05) is 23.1 Å². The van der Waals surface area contributed by atoms with Gasteiger partial charge in [0.15, 0.2) is 10.9 Å². The first-order chi connectivity index (χ1) is 16.5. The van der Waals surface area contributed by atoms with Gasteiger partial charge >= 0.3 is 0 Å². The molecule has 9 heteroatoms. The number of carbonyl (C=O) groups is 2. The van der Waals surface area contributed by atoms with Crippen molar-refractivity contribution in [1.29, 1.82) is 0 Å². The Bertz CT molecular complexity index is 1450. The predicted molar refractivity (Wildman–Crippen MR) is 136 cm³/mol. The van der Waals surface area contributed by atoms with E-state index in [1.165, 1.54) is 23.2 Å². The lowest BCUT2D eigenvalue weighted by atomic mass is 10.2. The molecule has 0 atom stereocenters. The smallest absolute Gasteiger partial charge is 0.293 e. The third kappa shape index (κ3) is 5.05. The van der Waals surface area contributed by atoms with Crippen molar-refractivity contribution in [2.24, 2.45) is 0 Å². The largest absolute Gasteiger partial charge is 0.459 e. The summed E-state index contributed by atoms with van der Waals surface area (Å²) in [7, 11) is 0. The number of fused-ring (bicyclic) bond motifs is 1. The lowest BCUT2D eigenvalue weighted by molar-refractivity contribution is -0.116. The molecule has 2 amide bonds. The fourth-order valence-electron chi connectivity index (χ4n) is 3.36. The standard InChI is InChI=1S/C25H20N4O3S2/c1-15-4-10-19-21(13-15)34-24(28-19)16-5-7-17(8-6-16)26-22(30)11-9-18-14-33-25(27-18)29-23(31)20-3-2-12-32-20/h2-8,10,12-14H,9,11H2,1H3,(H,26,30)(H,27,29,31). The van der Waals surface area contributed by atoms with Gasteiger partial charge in [0.25, 0.3) is 5.91 Å². The molecule has 2 aromatic carbocycles. The molecular weight excluding hydrogens is 468 g/mol. The average molecular weight is 489 g/mol. The third-order valence-corrected chi connectivity index (χ3v) is 6.96. The van der Waals surface area contributed by atoms with Gasteiger partial charge < -0.3 is 9.73 Å².